The van der Waals surface area contributed by atoms with Gasteiger partial charge in [-0.1, -0.05) is 17.3 Å². The number of carbonyl (C=O) groups is 2. The fraction of sp³-hybridized carbons (Fsp3) is 0.400. The first-order chi connectivity index (χ1) is 17.1. The number of hydrogen-bond acceptors (Lipinski definition) is 7. The van der Waals surface area contributed by atoms with Gasteiger partial charge in [-0.2, -0.15) is 4.31 Å². The zero-order valence-corrected chi connectivity index (χ0v) is 21.6. The number of anilines is 1. The Balaban J connectivity index is 1.56. The van der Waals surface area contributed by atoms with Crippen molar-refractivity contribution >= 4 is 27.6 Å². The Bertz CT molecular complexity index is 1380. The number of aromatic nitrogens is 2. The molecule has 4 rings (SSSR count). The lowest BCUT2D eigenvalue weighted by atomic mass is 9.98. The largest absolute Gasteiger partial charge is 0.462 e. The predicted molar refractivity (Wildman–Crippen MR) is 133 cm³/mol. The van der Waals surface area contributed by atoms with Crippen LogP contribution in [0.15, 0.2) is 45.9 Å². The van der Waals surface area contributed by atoms with Crippen LogP contribution in [0, 0.1) is 19.8 Å². The number of esters is 1. The summed E-state index contributed by atoms with van der Waals surface area (Å²) in [7, 11) is -2.34. The van der Waals surface area contributed by atoms with Gasteiger partial charge in [-0.15, -0.1) is 0 Å². The number of carbonyl (C=O) groups excluding carboxylic acids is 2. The maximum atomic E-state index is 13.8. The van der Waals surface area contributed by atoms with Crippen molar-refractivity contribution in [3.8, 4) is 11.3 Å². The third-order valence-corrected chi connectivity index (χ3v) is 8.64. The van der Waals surface area contributed by atoms with Gasteiger partial charge >= 0.3 is 5.97 Å². The van der Waals surface area contributed by atoms with Gasteiger partial charge in [-0.05, 0) is 45.7 Å². The molecule has 0 aliphatic carbocycles. The lowest BCUT2D eigenvalue weighted by Crippen LogP contribution is -2.44. The van der Waals surface area contributed by atoms with Crippen LogP contribution in [-0.4, -0.2) is 54.0 Å². The van der Waals surface area contributed by atoms with E-state index < -0.39 is 21.9 Å². The fourth-order valence-corrected chi connectivity index (χ4v) is 6.54. The van der Waals surface area contributed by atoms with Crippen LogP contribution in [0.5, 0.6) is 0 Å². The molecule has 1 aliphatic heterocycles. The van der Waals surface area contributed by atoms with Crippen molar-refractivity contribution in [2.24, 2.45) is 13.0 Å². The van der Waals surface area contributed by atoms with Gasteiger partial charge in [0.25, 0.3) is 0 Å². The van der Waals surface area contributed by atoms with E-state index in [1.54, 1.807) is 62.8 Å². The van der Waals surface area contributed by atoms with Gasteiger partial charge in [0.2, 0.25) is 15.9 Å². The second-order valence-corrected chi connectivity index (χ2v) is 10.7. The first-order valence-corrected chi connectivity index (χ1v) is 13.2. The van der Waals surface area contributed by atoms with Gasteiger partial charge in [0.1, 0.15) is 10.5 Å². The molecule has 1 fully saturated rings. The number of ether oxygens (including phenoxy) is 1. The summed E-state index contributed by atoms with van der Waals surface area (Å²) in [5, 5.41) is 6.60. The predicted octanol–water partition coefficient (Wildman–Crippen LogP) is 3.51. The monoisotopic (exact) mass is 514 g/mol. The number of hydrogen-bond donors (Lipinski definition) is 1. The van der Waals surface area contributed by atoms with Crippen molar-refractivity contribution in [2.45, 2.75) is 38.5 Å². The Hall–Kier alpha value is -3.44. The summed E-state index contributed by atoms with van der Waals surface area (Å²) in [4.78, 5) is 25.7. The van der Waals surface area contributed by atoms with E-state index in [2.05, 4.69) is 10.5 Å². The number of sulfonamides is 1. The molecule has 36 heavy (non-hydrogen) atoms. The van der Waals surface area contributed by atoms with Crippen LogP contribution >= 0.6 is 0 Å². The minimum atomic E-state index is -4.05. The number of rotatable bonds is 7. The van der Waals surface area contributed by atoms with Gasteiger partial charge in [-0.3, -0.25) is 4.79 Å². The van der Waals surface area contributed by atoms with E-state index in [-0.39, 0.29) is 36.1 Å². The van der Waals surface area contributed by atoms with E-state index in [9.17, 15) is 18.0 Å². The fourth-order valence-electron chi connectivity index (χ4n) is 4.54. The molecule has 0 radical (unpaired) electrons. The standard InChI is InChI=1S/C25H30N4O6S/c1-5-34-25(31)22-16(2)28(4)17(3)23(22)36(32,33)29-13-7-9-19(15-29)24(30)27-20-10-6-8-18(14-20)21-11-12-26-35-21/h6,8,10-12,14,19H,5,7,9,13,15H2,1-4H3,(H,27,30)/t19-/m0/s1. The Morgan fingerprint density at radius 1 is 1.22 bits per heavy atom. The van der Waals surface area contributed by atoms with Gasteiger partial charge < -0.3 is 19.1 Å². The van der Waals surface area contributed by atoms with Crippen LogP contribution in [0.25, 0.3) is 11.3 Å². The van der Waals surface area contributed by atoms with Crippen LogP contribution in [0.3, 0.4) is 0 Å². The molecule has 1 aliphatic rings. The summed E-state index contributed by atoms with van der Waals surface area (Å²) in [6, 6.07) is 8.90. The molecular formula is C25H30N4O6S. The van der Waals surface area contributed by atoms with Gasteiger partial charge in [-0.25, -0.2) is 13.2 Å². The second-order valence-electron chi connectivity index (χ2n) is 8.80. The Morgan fingerprint density at radius 2 is 2.00 bits per heavy atom. The molecule has 0 unspecified atom stereocenters. The Morgan fingerprint density at radius 3 is 2.69 bits per heavy atom. The van der Waals surface area contributed by atoms with Crippen molar-refractivity contribution in [2.75, 3.05) is 25.0 Å². The van der Waals surface area contributed by atoms with E-state index in [1.165, 1.54) is 4.31 Å². The molecule has 1 atom stereocenters. The van der Waals surface area contributed by atoms with Gasteiger partial charge in [0, 0.05) is 48.8 Å². The highest BCUT2D eigenvalue weighted by atomic mass is 32.2. The lowest BCUT2D eigenvalue weighted by Gasteiger charge is -2.31. The van der Waals surface area contributed by atoms with E-state index in [0.717, 1.165) is 5.56 Å². The van der Waals surface area contributed by atoms with Crippen molar-refractivity contribution < 1.29 is 27.3 Å². The first-order valence-electron chi connectivity index (χ1n) is 11.8. The molecular weight excluding hydrogens is 484 g/mol. The van der Waals surface area contributed by atoms with Crippen molar-refractivity contribution in [3.63, 3.8) is 0 Å². The summed E-state index contributed by atoms with van der Waals surface area (Å²) in [6.07, 6.45) is 2.62. The van der Waals surface area contributed by atoms with Crippen molar-refractivity contribution in [3.05, 3.63) is 53.5 Å². The number of benzene rings is 1. The van der Waals surface area contributed by atoms with Gasteiger partial charge in [0.15, 0.2) is 5.76 Å². The second kappa shape index (κ2) is 10.3. The highest BCUT2D eigenvalue weighted by molar-refractivity contribution is 7.89. The molecule has 1 amide bonds. The van der Waals surface area contributed by atoms with E-state index in [4.69, 9.17) is 9.26 Å². The molecule has 1 N–H and O–H groups in total. The molecule has 11 heteroatoms. The minimum Gasteiger partial charge on any atom is -0.462 e. The van der Waals surface area contributed by atoms with E-state index >= 15 is 0 Å². The molecule has 3 aromatic rings. The molecule has 0 saturated carbocycles. The van der Waals surface area contributed by atoms with E-state index in [1.807, 2.05) is 6.07 Å². The SMILES string of the molecule is CCOC(=O)c1c(S(=O)(=O)N2CCC[C@H](C(=O)Nc3cccc(-c4ccno4)c3)C2)c(C)n(C)c1C. The average Bonchev–Trinajstić information content (AvgIpc) is 3.48. The molecule has 0 bridgehead atoms. The number of piperidine rings is 1. The minimum absolute atomic E-state index is 0.0195. The zero-order chi connectivity index (χ0) is 26.0. The third-order valence-electron chi connectivity index (χ3n) is 6.61. The molecule has 3 heterocycles. The molecule has 0 spiro atoms. The molecule has 10 nitrogen and oxygen atoms in total. The zero-order valence-electron chi connectivity index (χ0n) is 20.8. The average molecular weight is 515 g/mol. The van der Waals surface area contributed by atoms with Gasteiger partial charge in [0.05, 0.1) is 18.7 Å². The maximum absolute atomic E-state index is 13.8. The third kappa shape index (κ3) is 4.80. The van der Waals surface area contributed by atoms with Crippen molar-refractivity contribution in [1.82, 2.24) is 14.0 Å². The van der Waals surface area contributed by atoms with Crippen LogP contribution in [0.1, 0.15) is 41.5 Å². The van der Waals surface area contributed by atoms with Crippen LogP contribution < -0.4 is 5.32 Å². The summed E-state index contributed by atoms with van der Waals surface area (Å²) >= 11 is 0. The summed E-state index contributed by atoms with van der Waals surface area (Å²) in [5.74, 6) is -0.906. The van der Waals surface area contributed by atoms with Crippen LogP contribution in [-0.2, 0) is 26.6 Å². The molecule has 1 saturated heterocycles. The number of nitrogens with one attached hydrogen (secondary N) is 1. The number of amides is 1. The lowest BCUT2D eigenvalue weighted by molar-refractivity contribution is -0.120. The maximum Gasteiger partial charge on any atom is 0.341 e. The quantitative estimate of drug-likeness (QED) is 0.479. The van der Waals surface area contributed by atoms with E-state index in [0.29, 0.717) is 35.7 Å². The summed E-state index contributed by atoms with van der Waals surface area (Å²) < 4.78 is 40.8. The topological polar surface area (TPSA) is 124 Å². The normalized spacial score (nSPS) is 16.6. The molecule has 2 aromatic heterocycles. The number of nitrogens with zero attached hydrogens (tertiary/aromatic N) is 3. The highest BCUT2D eigenvalue weighted by Crippen LogP contribution is 2.32. The molecule has 1 aromatic carbocycles. The first kappa shape index (κ1) is 25.6. The summed E-state index contributed by atoms with van der Waals surface area (Å²) in [5.41, 5.74) is 2.36. The Kier molecular flexibility index (Phi) is 7.32. The Labute approximate surface area is 210 Å². The van der Waals surface area contributed by atoms with Crippen LogP contribution in [0.2, 0.25) is 0 Å². The molecule has 192 valence electrons. The van der Waals surface area contributed by atoms with Crippen LogP contribution in [0.4, 0.5) is 5.69 Å². The van der Waals surface area contributed by atoms with Crippen molar-refractivity contribution in [1.29, 1.82) is 0 Å². The summed E-state index contributed by atoms with van der Waals surface area (Å²) in [6.45, 7) is 5.45. The highest BCUT2D eigenvalue weighted by Gasteiger charge is 2.39. The smallest absolute Gasteiger partial charge is 0.341 e.